The van der Waals surface area contributed by atoms with Crippen LogP contribution in [0.3, 0.4) is 0 Å². The van der Waals surface area contributed by atoms with E-state index in [1.165, 1.54) is 0 Å². The second-order valence-electron chi connectivity index (χ2n) is 5.91. The van der Waals surface area contributed by atoms with Crippen LogP contribution in [0.5, 0.6) is 0 Å². The monoisotopic (exact) mass is 325 g/mol. The molecule has 1 aliphatic heterocycles. The number of carboxylic acid groups (broad SMARTS) is 1. The van der Waals surface area contributed by atoms with Crippen LogP contribution in [0.1, 0.15) is 33.0 Å². The van der Waals surface area contributed by atoms with Crippen molar-refractivity contribution >= 4 is 11.9 Å². The summed E-state index contributed by atoms with van der Waals surface area (Å²) in [6.45, 7) is 1.04. The molecule has 5 heteroatoms. The smallest absolute Gasteiger partial charge is 0.312 e. The fraction of sp³-hybridized carbons (Fsp3) is 0.263. The first-order valence-electron chi connectivity index (χ1n) is 7.78. The lowest BCUT2D eigenvalue weighted by atomic mass is 9.89. The van der Waals surface area contributed by atoms with Crippen molar-refractivity contribution in [1.29, 1.82) is 0 Å². The van der Waals surface area contributed by atoms with E-state index in [1.807, 2.05) is 36.4 Å². The quantitative estimate of drug-likeness (QED) is 0.938. The molecule has 0 aromatic heterocycles. The van der Waals surface area contributed by atoms with E-state index in [-0.39, 0.29) is 12.5 Å². The summed E-state index contributed by atoms with van der Waals surface area (Å²) in [6, 6.07) is 14.7. The first kappa shape index (κ1) is 16.2. The van der Waals surface area contributed by atoms with E-state index in [4.69, 9.17) is 4.74 Å². The van der Waals surface area contributed by atoms with Crippen molar-refractivity contribution in [2.45, 2.75) is 19.1 Å². The molecule has 124 valence electrons. The highest BCUT2D eigenvalue weighted by Gasteiger charge is 2.32. The minimum Gasteiger partial charge on any atom is -0.481 e. The third kappa shape index (κ3) is 3.16. The van der Waals surface area contributed by atoms with Crippen LogP contribution < -0.4 is 0 Å². The molecule has 0 saturated carbocycles. The Bertz CT molecular complexity index is 771. The Morgan fingerprint density at radius 3 is 2.75 bits per heavy atom. The molecule has 0 saturated heterocycles. The number of amides is 1. The number of nitrogens with zero attached hydrogens (tertiary/aromatic N) is 1. The molecule has 0 radical (unpaired) electrons. The summed E-state index contributed by atoms with van der Waals surface area (Å²) in [5, 5.41) is 9.51. The van der Waals surface area contributed by atoms with Gasteiger partial charge in [0.1, 0.15) is 0 Å². The normalized spacial score (nSPS) is 16.5. The number of benzene rings is 2. The van der Waals surface area contributed by atoms with Crippen LogP contribution in [0.4, 0.5) is 0 Å². The van der Waals surface area contributed by atoms with Crippen molar-refractivity contribution in [2.75, 3.05) is 13.7 Å². The van der Waals surface area contributed by atoms with Crippen LogP contribution in [0.2, 0.25) is 0 Å². The van der Waals surface area contributed by atoms with Gasteiger partial charge in [0.25, 0.3) is 5.91 Å². The Morgan fingerprint density at radius 2 is 2.00 bits per heavy atom. The number of carbonyl (C=O) groups is 2. The van der Waals surface area contributed by atoms with Gasteiger partial charge in [0.2, 0.25) is 0 Å². The van der Waals surface area contributed by atoms with E-state index < -0.39 is 11.9 Å². The summed E-state index contributed by atoms with van der Waals surface area (Å²) in [5.41, 5.74) is 3.14. The maximum atomic E-state index is 12.8. The molecule has 5 nitrogen and oxygen atoms in total. The Morgan fingerprint density at radius 1 is 1.21 bits per heavy atom. The molecule has 0 spiro atoms. The number of ether oxygens (including phenoxy) is 1. The molecule has 1 N–H and O–H groups in total. The number of carbonyl (C=O) groups excluding carboxylic acids is 1. The summed E-state index contributed by atoms with van der Waals surface area (Å²) in [6.07, 6.45) is 0. The van der Waals surface area contributed by atoms with Crippen LogP contribution >= 0.6 is 0 Å². The third-order valence-electron chi connectivity index (χ3n) is 4.26. The summed E-state index contributed by atoms with van der Waals surface area (Å²) < 4.78 is 5.10. The van der Waals surface area contributed by atoms with Crippen molar-refractivity contribution in [3.05, 3.63) is 70.8 Å². The number of rotatable bonds is 4. The van der Waals surface area contributed by atoms with Crippen molar-refractivity contribution in [2.24, 2.45) is 0 Å². The molecular weight excluding hydrogens is 306 g/mol. The van der Waals surface area contributed by atoms with E-state index in [0.29, 0.717) is 18.7 Å². The largest absolute Gasteiger partial charge is 0.481 e. The van der Waals surface area contributed by atoms with Crippen LogP contribution in [-0.4, -0.2) is 35.5 Å². The number of fused-ring (bicyclic) bond motifs is 1. The zero-order valence-electron chi connectivity index (χ0n) is 13.4. The summed E-state index contributed by atoms with van der Waals surface area (Å²) in [7, 11) is 1.60. The maximum Gasteiger partial charge on any atom is 0.312 e. The van der Waals surface area contributed by atoms with Crippen LogP contribution in [0.25, 0.3) is 0 Å². The highest BCUT2D eigenvalue weighted by molar-refractivity contribution is 5.95. The summed E-state index contributed by atoms with van der Waals surface area (Å²) in [4.78, 5) is 26.0. The molecule has 1 heterocycles. The molecule has 1 unspecified atom stereocenters. The Labute approximate surface area is 140 Å². The van der Waals surface area contributed by atoms with E-state index in [2.05, 4.69) is 0 Å². The topological polar surface area (TPSA) is 66.8 Å². The van der Waals surface area contributed by atoms with Gasteiger partial charge in [0.05, 0.1) is 12.5 Å². The first-order chi connectivity index (χ1) is 11.6. The second-order valence-corrected chi connectivity index (χ2v) is 5.91. The van der Waals surface area contributed by atoms with Gasteiger partial charge in [-0.1, -0.05) is 36.4 Å². The van der Waals surface area contributed by atoms with Gasteiger partial charge in [-0.3, -0.25) is 9.59 Å². The Hall–Kier alpha value is -2.66. The molecule has 0 aliphatic carbocycles. The van der Waals surface area contributed by atoms with E-state index in [0.717, 1.165) is 16.7 Å². The van der Waals surface area contributed by atoms with Gasteiger partial charge in [0, 0.05) is 25.8 Å². The van der Waals surface area contributed by atoms with Gasteiger partial charge in [-0.25, -0.2) is 0 Å². The van der Waals surface area contributed by atoms with Gasteiger partial charge >= 0.3 is 5.97 Å². The lowest BCUT2D eigenvalue weighted by molar-refractivity contribution is -0.139. The van der Waals surface area contributed by atoms with Crippen molar-refractivity contribution < 1.29 is 19.4 Å². The maximum absolute atomic E-state index is 12.8. The Balaban J connectivity index is 1.89. The fourth-order valence-electron chi connectivity index (χ4n) is 3.12. The van der Waals surface area contributed by atoms with Gasteiger partial charge in [0.15, 0.2) is 0 Å². The molecule has 1 aliphatic rings. The minimum absolute atomic E-state index is 0.159. The van der Waals surface area contributed by atoms with Crippen molar-refractivity contribution in [3.63, 3.8) is 0 Å². The molecule has 1 amide bonds. The van der Waals surface area contributed by atoms with Crippen molar-refractivity contribution in [1.82, 2.24) is 4.90 Å². The van der Waals surface area contributed by atoms with E-state index in [1.54, 1.807) is 24.1 Å². The average Bonchev–Trinajstić information content (AvgIpc) is 2.60. The molecule has 2 aromatic rings. The van der Waals surface area contributed by atoms with Crippen LogP contribution in [0.15, 0.2) is 48.5 Å². The molecule has 0 fully saturated rings. The third-order valence-corrected chi connectivity index (χ3v) is 4.26. The molecule has 0 bridgehead atoms. The lowest BCUT2D eigenvalue weighted by Crippen LogP contribution is -2.40. The van der Waals surface area contributed by atoms with Crippen molar-refractivity contribution in [3.8, 4) is 0 Å². The second kappa shape index (κ2) is 6.84. The highest BCUT2D eigenvalue weighted by Crippen LogP contribution is 2.29. The van der Waals surface area contributed by atoms with Gasteiger partial charge in [-0.2, -0.15) is 0 Å². The first-order valence-corrected chi connectivity index (χ1v) is 7.78. The number of hydrogen-bond acceptors (Lipinski definition) is 3. The summed E-state index contributed by atoms with van der Waals surface area (Å²) >= 11 is 0. The predicted octanol–water partition coefficient (Wildman–Crippen LogP) is 2.66. The molecule has 24 heavy (non-hydrogen) atoms. The molecule has 3 rings (SSSR count). The molecular formula is C19H19NO4. The lowest BCUT2D eigenvalue weighted by Gasteiger charge is -2.33. The Kier molecular flexibility index (Phi) is 4.62. The van der Waals surface area contributed by atoms with Gasteiger partial charge < -0.3 is 14.7 Å². The number of methoxy groups -OCH3 is 1. The van der Waals surface area contributed by atoms with E-state index in [9.17, 15) is 14.7 Å². The standard InChI is InChI=1S/C19H19NO4/c1-24-12-13-5-4-7-14(9-13)18(21)20-10-15-6-2-3-8-16(15)17(11-20)19(22)23/h2-9,17H,10-12H2,1H3,(H,22,23). The number of carboxylic acids is 1. The fourth-order valence-corrected chi connectivity index (χ4v) is 3.12. The average molecular weight is 325 g/mol. The van der Waals surface area contributed by atoms with Gasteiger partial charge in [-0.15, -0.1) is 0 Å². The minimum atomic E-state index is -0.909. The SMILES string of the molecule is COCc1cccc(C(=O)N2Cc3ccccc3C(C(=O)O)C2)c1. The highest BCUT2D eigenvalue weighted by atomic mass is 16.5. The van der Waals surface area contributed by atoms with Crippen LogP contribution in [-0.2, 0) is 22.7 Å². The molecule has 1 atom stereocenters. The van der Waals surface area contributed by atoms with Crippen LogP contribution in [0, 0.1) is 0 Å². The number of aliphatic carboxylic acids is 1. The van der Waals surface area contributed by atoms with E-state index >= 15 is 0 Å². The molecule has 2 aromatic carbocycles. The zero-order chi connectivity index (χ0) is 17.1. The summed E-state index contributed by atoms with van der Waals surface area (Å²) in [5.74, 6) is -1.76. The van der Waals surface area contributed by atoms with Gasteiger partial charge in [-0.05, 0) is 28.8 Å². The zero-order valence-corrected chi connectivity index (χ0v) is 13.4. The number of hydrogen-bond donors (Lipinski definition) is 1. The predicted molar refractivity (Wildman–Crippen MR) is 88.7 cm³/mol.